The van der Waals surface area contributed by atoms with Gasteiger partial charge in [0.25, 0.3) is 0 Å². The molecule has 1 N–H and O–H groups in total. The molecule has 0 fully saturated rings. The fraction of sp³-hybridized carbons (Fsp3) is 0.571. The molecule has 0 aromatic carbocycles. The van der Waals surface area contributed by atoms with Crippen molar-refractivity contribution in [2.24, 2.45) is 0 Å². The number of unbranched alkanes of at least 4 members (excludes halogenated alkanes) is 1. The van der Waals surface area contributed by atoms with Gasteiger partial charge in [0.15, 0.2) is 5.82 Å². The topological polar surface area (TPSA) is 42.7 Å². The van der Waals surface area contributed by atoms with Gasteiger partial charge in [0.1, 0.15) is 11.3 Å². The first-order chi connectivity index (χ1) is 8.63. The van der Waals surface area contributed by atoms with E-state index in [0.29, 0.717) is 6.04 Å². The summed E-state index contributed by atoms with van der Waals surface area (Å²) < 4.78 is 2.23. The summed E-state index contributed by atoms with van der Waals surface area (Å²) in [5, 5.41) is 3.44. The number of nitrogens with zero attached hydrogens (tertiary/aromatic N) is 3. The summed E-state index contributed by atoms with van der Waals surface area (Å²) in [5.74, 6) is 1.78. The van der Waals surface area contributed by atoms with Gasteiger partial charge in [0.05, 0.1) is 5.52 Å². The van der Waals surface area contributed by atoms with Crippen LogP contribution in [-0.2, 0) is 0 Å². The smallest absolute Gasteiger partial charge is 0.154 e. The van der Waals surface area contributed by atoms with E-state index in [9.17, 15) is 0 Å². The predicted molar refractivity (Wildman–Crippen MR) is 76.0 cm³/mol. The molecular formula is C14H22N4. The molecular weight excluding hydrogens is 224 g/mol. The van der Waals surface area contributed by atoms with Crippen LogP contribution in [0.25, 0.3) is 11.0 Å². The second-order valence-electron chi connectivity index (χ2n) is 4.95. The molecule has 0 aliphatic carbocycles. The zero-order valence-corrected chi connectivity index (χ0v) is 11.7. The lowest BCUT2D eigenvalue weighted by Crippen LogP contribution is -2.08. The maximum atomic E-state index is 4.55. The van der Waals surface area contributed by atoms with Crippen molar-refractivity contribution in [2.45, 2.75) is 46.6 Å². The Hall–Kier alpha value is -1.58. The lowest BCUT2D eigenvalue weighted by molar-refractivity contribution is 0.622. The Morgan fingerprint density at radius 2 is 2.11 bits per heavy atom. The van der Waals surface area contributed by atoms with E-state index in [1.165, 1.54) is 6.42 Å². The monoisotopic (exact) mass is 246 g/mol. The fourth-order valence-corrected chi connectivity index (χ4v) is 2.12. The van der Waals surface area contributed by atoms with Gasteiger partial charge in [-0.25, -0.2) is 9.97 Å². The van der Waals surface area contributed by atoms with Crippen LogP contribution in [0.4, 0.5) is 5.82 Å². The average molecular weight is 246 g/mol. The summed E-state index contributed by atoms with van der Waals surface area (Å²) in [6.07, 6.45) is 4.44. The highest BCUT2D eigenvalue weighted by Gasteiger charge is 2.12. The molecule has 4 nitrogen and oxygen atoms in total. The maximum absolute atomic E-state index is 4.55. The number of anilines is 1. The lowest BCUT2D eigenvalue weighted by Gasteiger charge is -2.13. The molecule has 4 heteroatoms. The van der Waals surface area contributed by atoms with Crippen molar-refractivity contribution < 1.29 is 0 Å². The van der Waals surface area contributed by atoms with Crippen LogP contribution in [0.3, 0.4) is 0 Å². The zero-order chi connectivity index (χ0) is 13.1. The van der Waals surface area contributed by atoms with Gasteiger partial charge < -0.3 is 9.88 Å². The number of fused-ring (bicyclic) bond motifs is 1. The lowest BCUT2D eigenvalue weighted by atomic mass is 10.3. The van der Waals surface area contributed by atoms with Crippen molar-refractivity contribution in [3.63, 3.8) is 0 Å². The molecule has 0 saturated heterocycles. The van der Waals surface area contributed by atoms with Gasteiger partial charge in [-0.05, 0) is 33.3 Å². The normalized spacial score (nSPS) is 11.4. The second-order valence-corrected chi connectivity index (χ2v) is 4.95. The van der Waals surface area contributed by atoms with Crippen molar-refractivity contribution in [1.29, 1.82) is 0 Å². The molecule has 0 bridgehead atoms. The van der Waals surface area contributed by atoms with E-state index in [4.69, 9.17) is 0 Å². The van der Waals surface area contributed by atoms with Crippen LogP contribution in [0, 0.1) is 6.92 Å². The summed E-state index contributed by atoms with van der Waals surface area (Å²) >= 11 is 0. The minimum atomic E-state index is 0.417. The number of hydrogen-bond acceptors (Lipinski definition) is 3. The van der Waals surface area contributed by atoms with Gasteiger partial charge in [-0.2, -0.15) is 0 Å². The number of hydrogen-bond donors (Lipinski definition) is 1. The molecule has 0 radical (unpaired) electrons. The summed E-state index contributed by atoms with van der Waals surface area (Å²) in [6, 6.07) is 2.48. The van der Waals surface area contributed by atoms with Gasteiger partial charge in [0.2, 0.25) is 0 Å². The van der Waals surface area contributed by atoms with Gasteiger partial charge in [0, 0.05) is 18.8 Å². The van der Waals surface area contributed by atoms with E-state index >= 15 is 0 Å². The van der Waals surface area contributed by atoms with Crippen molar-refractivity contribution in [2.75, 3.05) is 11.9 Å². The van der Waals surface area contributed by atoms with Gasteiger partial charge in [-0.1, -0.05) is 13.3 Å². The first-order valence-electron chi connectivity index (χ1n) is 6.72. The van der Waals surface area contributed by atoms with Crippen molar-refractivity contribution >= 4 is 16.9 Å². The Bertz CT molecular complexity index is 528. The predicted octanol–water partition coefficient (Wildman–Crippen LogP) is 3.53. The Labute approximate surface area is 108 Å². The molecule has 0 unspecified atom stereocenters. The molecule has 2 aromatic heterocycles. The van der Waals surface area contributed by atoms with Gasteiger partial charge in [-0.3, -0.25) is 0 Å². The summed E-state index contributed by atoms with van der Waals surface area (Å²) in [5.41, 5.74) is 2.14. The van der Waals surface area contributed by atoms with E-state index in [0.717, 1.165) is 35.6 Å². The Balaban J connectivity index is 2.44. The van der Waals surface area contributed by atoms with E-state index in [1.54, 1.807) is 0 Å². The number of aryl methyl sites for hydroxylation is 1. The number of aromatic nitrogens is 3. The van der Waals surface area contributed by atoms with E-state index < -0.39 is 0 Å². The fourth-order valence-electron chi connectivity index (χ4n) is 2.12. The van der Waals surface area contributed by atoms with Crippen LogP contribution >= 0.6 is 0 Å². The van der Waals surface area contributed by atoms with E-state index in [2.05, 4.69) is 52.9 Å². The highest BCUT2D eigenvalue weighted by Crippen LogP contribution is 2.24. The molecule has 0 amide bonds. The van der Waals surface area contributed by atoms with Crippen LogP contribution in [0.1, 0.15) is 45.5 Å². The maximum Gasteiger partial charge on any atom is 0.154 e. The first kappa shape index (κ1) is 12.9. The van der Waals surface area contributed by atoms with E-state index in [-0.39, 0.29) is 0 Å². The third-order valence-corrected chi connectivity index (χ3v) is 3.05. The molecule has 98 valence electrons. The van der Waals surface area contributed by atoms with Crippen molar-refractivity contribution in [3.05, 3.63) is 18.1 Å². The quantitative estimate of drug-likeness (QED) is 0.821. The van der Waals surface area contributed by atoms with Crippen LogP contribution in [0.2, 0.25) is 0 Å². The van der Waals surface area contributed by atoms with Crippen LogP contribution < -0.4 is 5.32 Å². The molecule has 2 rings (SSSR count). The Morgan fingerprint density at radius 3 is 2.78 bits per heavy atom. The number of nitrogens with one attached hydrogen (secondary N) is 1. The molecule has 0 atom stereocenters. The molecule has 0 saturated carbocycles. The van der Waals surface area contributed by atoms with Crippen LogP contribution in [0.15, 0.2) is 12.3 Å². The van der Waals surface area contributed by atoms with Crippen molar-refractivity contribution in [3.8, 4) is 0 Å². The molecule has 18 heavy (non-hydrogen) atoms. The van der Waals surface area contributed by atoms with Crippen LogP contribution in [0.5, 0.6) is 0 Å². The van der Waals surface area contributed by atoms with Crippen molar-refractivity contribution in [1.82, 2.24) is 14.5 Å². The van der Waals surface area contributed by atoms with Gasteiger partial charge >= 0.3 is 0 Å². The second kappa shape index (κ2) is 5.38. The Kier molecular flexibility index (Phi) is 3.84. The average Bonchev–Trinajstić information content (AvgIpc) is 2.72. The molecule has 2 aromatic rings. The van der Waals surface area contributed by atoms with Crippen LogP contribution in [-0.4, -0.2) is 21.1 Å². The molecule has 0 spiro atoms. The minimum absolute atomic E-state index is 0.417. The summed E-state index contributed by atoms with van der Waals surface area (Å²) in [6.45, 7) is 9.45. The SMILES string of the molecule is CCCCNc1nc(C)nc2ccn(C(C)C)c12. The molecule has 2 heterocycles. The van der Waals surface area contributed by atoms with E-state index in [1.807, 2.05) is 6.92 Å². The Morgan fingerprint density at radius 1 is 1.33 bits per heavy atom. The third-order valence-electron chi connectivity index (χ3n) is 3.05. The zero-order valence-electron chi connectivity index (χ0n) is 11.7. The third kappa shape index (κ3) is 2.47. The molecule has 0 aliphatic heterocycles. The highest BCUT2D eigenvalue weighted by molar-refractivity contribution is 5.86. The molecule has 0 aliphatic rings. The standard InChI is InChI=1S/C14H22N4/c1-5-6-8-15-14-13-12(16-11(4)17-14)7-9-18(13)10(2)3/h7,9-10H,5-6,8H2,1-4H3,(H,15,16,17). The largest absolute Gasteiger partial charge is 0.368 e. The summed E-state index contributed by atoms with van der Waals surface area (Å²) in [4.78, 5) is 9.04. The van der Waals surface area contributed by atoms with Gasteiger partial charge in [-0.15, -0.1) is 0 Å². The summed E-state index contributed by atoms with van der Waals surface area (Å²) in [7, 11) is 0. The minimum Gasteiger partial charge on any atom is -0.368 e. The highest BCUT2D eigenvalue weighted by atomic mass is 15.1. The first-order valence-corrected chi connectivity index (χ1v) is 6.72. The number of rotatable bonds is 5.